The molecule has 0 atom stereocenters. The van der Waals surface area contributed by atoms with E-state index in [4.69, 9.17) is 16.3 Å². The Balaban J connectivity index is 1.66. The lowest BCUT2D eigenvalue weighted by Crippen LogP contribution is -2.38. The molecule has 0 radical (unpaired) electrons. The first-order chi connectivity index (χ1) is 11.6. The topological polar surface area (TPSA) is 49.8 Å². The summed E-state index contributed by atoms with van der Waals surface area (Å²) >= 11 is 5.89. The molecule has 0 amide bonds. The highest BCUT2D eigenvalue weighted by molar-refractivity contribution is 6.30. The summed E-state index contributed by atoms with van der Waals surface area (Å²) in [5.41, 5.74) is 2.35. The lowest BCUT2D eigenvalue weighted by molar-refractivity contribution is 0.112. The number of carbonyl (C=O) groups is 1. The molecule has 0 unspecified atom stereocenters. The number of nitrogens with zero attached hydrogens (tertiary/aromatic N) is 1. The predicted octanol–water partition coefficient (Wildman–Crippen LogP) is 4.21. The monoisotopic (exact) mass is 345 g/mol. The number of phenols is 1. The van der Waals surface area contributed by atoms with Crippen LogP contribution in [0.2, 0.25) is 5.02 Å². The number of halogens is 1. The number of hydrogen-bond donors (Lipinski definition) is 1. The fraction of sp³-hybridized carbons (Fsp3) is 0.316. The van der Waals surface area contributed by atoms with Gasteiger partial charge >= 0.3 is 0 Å². The van der Waals surface area contributed by atoms with Crippen molar-refractivity contribution < 1.29 is 14.6 Å². The van der Waals surface area contributed by atoms with E-state index in [0.29, 0.717) is 10.6 Å². The molecule has 0 aliphatic carbocycles. The fourth-order valence-corrected chi connectivity index (χ4v) is 3.20. The molecule has 4 nitrogen and oxygen atoms in total. The normalized spacial score (nSPS) is 15.3. The van der Waals surface area contributed by atoms with Gasteiger partial charge in [0, 0.05) is 48.3 Å². The molecule has 1 fully saturated rings. The van der Waals surface area contributed by atoms with E-state index >= 15 is 0 Å². The van der Waals surface area contributed by atoms with Crippen molar-refractivity contribution in [2.45, 2.75) is 25.9 Å². The minimum Gasteiger partial charge on any atom is -0.508 e. The molecule has 0 bridgehead atoms. The number of anilines is 1. The van der Waals surface area contributed by atoms with Crippen LogP contribution in [0, 0.1) is 6.92 Å². The maximum atomic E-state index is 11.1. The third kappa shape index (κ3) is 3.65. The van der Waals surface area contributed by atoms with Crippen molar-refractivity contribution in [3.05, 3.63) is 52.5 Å². The van der Waals surface area contributed by atoms with Gasteiger partial charge in [0.2, 0.25) is 0 Å². The smallest absolute Gasteiger partial charge is 0.150 e. The SMILES string of the molecule is Cc1c(C=O)cc(O)cc1N1CCC(Oc2ccc(Cl)cc2)CC1. The molecule has 1 aliphatic heterocycles. The second-order valence-corrected chi connectivity index (χ2v) is 6.49. The van der Waals surface area contributed by atoms with Gasteiger partial charge in [-0.05, 0) is 42.8 Å². The van der Waals surface area contributed by atoms with Gasteiger partial charge in [0.1, 0.15) is 17.6 Å². The van der Waals surface area contributed by atoms with Crippen LogP contribution in [0.25, 0.3) is 0 Å². The first-order valence-electron chi connectivity index (χ1n) is 8.03. The Kier molecular flexibility index (Phi) is 4.95. The third-order valence-corrected chi connectivity index (χ3v) is 4.68. The standard InChI is InChI=1S/C19H20ClNO3/c1-13-14(12-22)10-16(23)11-19(13)21-8-6-18(7-9-21)24-17-4-2-15(20)3-5-17/h2-5,10-12,18,23H,6-9H2,1H3. The molecular formula is C19H20ClNO3. The van der Waals surface area contributed by atoms with E-state index in [1.807, 2.05) is 31.2 Å². The second kappa shape index (κ2) is 7.14. The quantitative estimate of drug-likeness (QED) is 0.843. The zero-order valence-electron chi connectivity index (χ0n) is 13.5. The van der Waals surface area contributed by atoms with Crippen LogP contribution in [0.15, 0.2) is 36.4 Å². The minimum absolute atomic E-state index is 0.122. The Bertz CT molecular complexity index is 722. The summed E-state index contributed by atoms with van der Waals surface area (Å²) in [5.74, 6) is 0.951. The molecule has 24 heavy (non-hydrogen) atoms. The van der Waals surface area contributed by atoms with Gasteiger partial charge in [-0.3, -0.25) is 4.79 Å². The number of rotatable bonds is 4. The molecule has 2 aromatic rings. The number of aldehydes is 1. The number of benzene rings is 2. The fourth-order valence-electron chi connectivity index (χ4n) is 3.08. The average molecular weight is 346 g/mol. The Morgan fingerprint density at radius 2 is 1.88 bits per heavy atom. The van der Waals surface area contributed by atoms with Gasteiger partial charge in [-0.1, -0.05) is 11.6 Å². The van der Waals surface area contributed by atoms with Crippen LogP contribution in [0.5, 0.6) is 11.5 Å². The molecule has 0 spiro atoms. The molecule has 0 saturated carbocycles. The summed E-state index contributed by atoms with van der Waals surface area (Å²) in [6.07, 6.45) is 2.71. The van der Waals surface area contributed by atoms with Crippen molar-refractivity contribution in [1.29, 1.82) is 0 Å². The number of aromatic hydroxyl groups is 1. The molecule has 1 heterocycles. The van der Waals surface area contributed by atoms with Gasteiger partial charge < -0.3 is 14.7 Å². The Morgan fingerprint density at radius 3 is 2.50 bits per heavy atom. The van der Waals surface area contributed by atoms with E-state index in [1.165, 1.54) is 6.07 Å². The predicted molar refractivity (Wildman–Crippen MR) is 95.5 cm³/mol. The second-order valence-electron chi connectivity index (χ2n) is 6.06. The van der Waals surface area contributed by atoms with Gasteiger partial charge in [0.25, 0.3) is 0 Å². The van der Waals surface area contributed by atoms with E-state index in [9.17, 15) is 9.90 Å². The van der Waals surface area contributed by atoms with Crippen LogP contribution in [0.4, 0.5) is 5.69 Å². The molecule has 1 N–H and O–H groups in total. The number of phenolic OH excluding ortho intramolecular Hbond substituents is 1. The lowest BCUT2D eigenvalue weighted by atomic mass is 10.0. The molecular weight excluding hydrogens is 326 g/mol. The van der Waals surface area contributed by atoms with Crippen LogP contribution in [0.1, 0.15) is 28.8 Å². The Hall–Kier alpha value is -2.20. The first-order valence-corrected chi connectivity index (χ1v) is 8.40. The van der Waals surface area contributed by atoms with Crippen LogP contribution in [0.3, 0.4) is 0 Å². The van der Waals surface area contributed by atoms with Gasteiger partial charge in [0.15, 0.2) is 6.29 Å². The Morgan fingerprint density at radius 1 is 1.21 bits per heavy atom. The number of carbonyl (C=O) groups excluding carboxylic acids is 1. The van der Waals surface area contributed by atoms with Gasteiger partial charge in [-0.15, -0.1) is 0 Å². The van der Waals surface area contributed by atoms with Gasteiger partial charge in [0.05, 0.1) is 0 Å². The zero-order chi connectivity index (χ0) is 17.1. The van der Waals surface area contributed by atoms with Crippen LogP contribution >= 0.6 is 11.6 Å². The number of piperidine rings is 1. The highest BCUT2D eigenvalue weighted by Crippen LogP contribution is 2.31. The summed E-state index contributed by atoms with van der Waals surface area (Å²) < 4.78 is 6.00. The van der Waals surface area contributed by atoms with E-state index in [0.717, 1.165) is 49.2 Å². The lowest BCUT2D eigenvalue weighted by Gasteiger charge is -2.34. The van der Waals surface area contributed by atoms with Crippen LogP contribution in [-0.2, 0) is 0 Å². The number of ether oxygens (including phenoxy) is 1. The third-order valence-electron chi connectivity index (χ3n) is 4.43. The summed E-state index contributed by atoms with van der Waals surface area (Å²) in [7, 11) is 0. The average Bonchev–Trinajstić information content (AvgIpc) is 2.59. The summed E-state index contributed by atoms with van der Waals surface area (Å²) in [4.78, 5) is 13.3. The van der Waals surface area contributed by atoms with Gasteiger partial charge in [-0.2, -0.15) is 0 Å². The first kappa shape index (κ1) is 16.7. The summed E-state index contributed by atoms with van der Waals surface area (Å²) in [6, 6.07) is 10.6. The zero-order valence-corrected chi connectivity index (χ0v) is 14.3. The van der Waals surface area contributed by atoms with Crippen molar-refractivity contribution in [2.75, 3.05) is 18.0 Å². The Labute approximate surface area is 146 Å². The van der Waals surface area contributed by atoms with E-state index < -0.39 is 0 Å². The summed E-state index contributed by atoms with van der Waals surface area (Å²) in [6.45, 7) is 3.55. The van der Waals surface area contributed by atoms with Crippen molar-refractivity contribution in [2.24, 2.45) is 0 Å². The van der Waals surface area contributed by atoms with Crippen molar-refractivity contribution in [3.63, 3.8) is 0 Å². The van der Waals surface area contributed by atoms with Gasteiger partial charge in [-0.25, -0.2) is 0 Å². The van der Waals surface area contributed by atoms with E-state index in [1.54, 1.807) is 6.07 Å². The molecule has 3 rings (SSSR count). The molecule has 1 aliphatic rings. The summed E-state index contributed by atoms with van der Waals surface area (Å²) in [5, 5.41) is 10.5. The number of hydrogen-bond acceptors (Lipinski definition) is 4. The highest BCUT2D eigenvalue weighted by Gasteiger charge is 2.23. The molecule has 2 aromatic carbocycles. The van der Waals surface area contributed by atoms with Crippen molar-refractivity contribution >= 4 is 23.6 Å². The molecule has 126 valence electrons. The molecule has 5 heteroatoms. The highest BCUT2D eigenvalue weighted by atomic mass is 35.5. The molecule has 1 saturated heterocycles. The van der Waals surface area contributed by atoms with E-state index in [2.05, 4.69) is 4.90 Å². The largest absolute Gasteiger partial charge is 0.508 e. The van der Waals surface area contributed by atoms with Crippen molar-refractivity contribution in [1.82, 2.24) is 0 Å². The maximum absolute atomic E-state index is 11.1. The van der Waals surface area contributed by atoms with Crippen LogP contribution in [-0.4, -0.2) is 30.6 Å². The van der Waals surface area contributed by atoms with Crippen LogP contribution < -0.4 is 9.64 Å². The van der Waals surface area contributed by atoms with E-state index in [-0.39, 0.29) is 11.9 Å². The maximum Gasteiger partial charge on any atom is 0.150 e. The molecule has 0 aromatic heterocycles. The van der Waals surface area contributed by atoms with Crippen molar-refractivity contribution in [3.8, 4) is 11.5 Å². The minimum atomic E-state index is 0.122.